The molecule has 0 bridgehead atoms. The molecule has 4 aromatic carbocycles. The normalized spacial score (nSPS) is 16.7. The van der Waals surface area contributed by atoms with Crippen LogP contribution in [0.2, 0.25) is 10.0 Å². The maximum absolute atomic E-state index is 12.1. The van der Waals surface area contributed by atoms with Gasteiger partial charge in [0.2, 0.25) is 0 Å². The van der Waals surface area contributed by atoms with Crippen LogP contribution in [0.5, 0.6) is 23.0 Å². The van der Waals surface area contributed by atoms with Crippen molar-refractivity contribution in [3.63, 3.8) is 0 Å². The average molecular weight is 922 g/mol. The molecule has 2 aliphatic rings. The summed E-state index contributed by atoms with van der Waals surface area (Å²) in [6, 6.07) is 17.3. The van der Waals surface area contributed by atoms with Crippen LogP contribution in [0.15, 0.2) is 60.7 Å². The minimum atomic E-state index is -0.885. The smallest absolute Gasteiger partial charge is 0.343 e. The maximum atomic E-state index is 12.1. The predicted molar refractivity (Wildman–Crippen MR) is 239 cm³/mol. The van der Waals surface area contributed by atoms with Crippen LogP contribution in [0.3, 0.4) is 0 Å². The van der Waals surface area contributed by atoms with Gasteiger partial charge >= 0.3 is 23.9 Å². The van der Waals surface area contributed by atoms with Crippen molar-refractivity contribution >= 4 is 47.1 Å². The number of halogens is 2. The Kier molecular flexibility index (Phi) is 16.8. The molecule has 2 heterocycles. The molecule has 0 unspecified atom stereocenters. The van der Waals surface area contributed by atoms with Gasteiger partial charge in [-0.1, -0.05) is 72.4 Å². The number of rotatable bonds is 19. The summed E-state index contributed by atoms with van der Waals surface area (Å²) in [4.78, 5) is 51.9. The molecule has 0 radical (unpaired) electrons. The summed E-state index contributed by atoms with van der Waals surface area (Å²) in [6.07, 6.45) is 4.48. The Hall–Kier alpha value is -5.54. The molecule has 2 saturated heterocycles. The molecule has 0 amide bonds. The summed E-state index contributed by atoms with van der Waals surface area (Å²) >= 11 is 13.6. The summed E-state index contributed by atoms with van der Waals surface area (Å²) in [5.74, 6) is -1.56. The van der Waals surface area contributed by atoms with E-state index in [2.05, 4.69) is 0 Å². The van der Waals surface area contributed by atoms with E-state index >= 15 is 0 Å². The first-order valence-electron chi connectivity index (χ1n) is 21.2. The van der Waals surface area contributed by atoms with E-state index in [1.54, 1.807) is 24.3 Å². The molecule has 0 saturated carbocycles. The van der Waals surface area contributed by atoms with E-state index in [-0.39, 0.29) is 39.5 Å². The lowest BCUT2D eigenvalue weighted by molar-refractivity contribution is -0.145. The van der Waals surface area contributed by atoms with Crippen LogP contribution in [-0.4, -0.2) is 96.5 Å². The molecule has 14 nitrogen and oxygen atoms in total. The zero-order valence-electron chi connectivity index (χ0n) is 36.5. The zero-order valence-corrected chi connectivity index (χ0v) is 38.0. The Balaban J connectivity index is 1.19. The van der Waals surface area contributed by atoms with E-state index in [1.165, 1.54) is 14.2 Å². The van der Waals surface area contributed by atoms with E-state index in [0.717, 1.165) is 59.1 Å². The van der Waals surface area contributed by atoms with Gasteiger partial charge in [0.05, 0.1) is 24.3 Å². The molecule has 0 aromatic heterocycles. The first-order chi connectivity index (χ1) is 30.8. The van der Waals surface area contributed by atoms with Gasteiger partial charge in [-0.25, -0.2) is 9.59 Å². The quantitative estimate of drug-likeness (QED) is 0.0859. The lowest BCUT2D eigenvalue weighted by atomic mass is 9.92. The number of aliphatic carboxylic acids is 2. The maximum Gasteiger partial charge on any atom is 0.343 e. The number of carbonyl (C=O) groups excluding carboxylic acids is 2. The summed E-state index contributed by atoms with van der Waals surface area (Å²) in [5, 5.41) is 20.3. The molecule has 0 aliphatic carbocycles. The van der Waals surface area contributed by atoms with Crippen molar-refractivity contribution in [2.75, 3.05) is 40.5 Å². The number of hydrogen-bond acceptors (Lipinski definition) is 12. The molecular weight excluding hydrogens is 867 g/mol. The van der Waals surface area contributed by atoms with Gasteiger partial charge in [0.15, 0.2) is 13.2 Å². The number of piperidine rings is 2. The highest BCUT2D eigenvalue weighted by Crippen LogP contribution is 2.38. The molecule has 2 aliphatic heterocycles. The van der Waals surface area contributed by atoms with Gasteiger partial charge in [-0.15, -0.1) is 0 Å². The van der Waals surface area contributed by atoms with Gasteiger partial charge < -0.3 is 38.6 Å². The monoisotopic (exact) mass is 920 g/mol. The highest BCUT2D eigenvalue weighted by molar-refractivity contribution is 6.32. The second kappa shape index (κ2) is 22.4. The molecule has 6 rings (SSSR count). The first kappa shape index (κ1) is 47.9. The predicted octanol–water partition coefficient (Wildman–Crippen LogP) is 8.42. The Bertz CT molecular complexity index is 2180. The van der Waals surface area contributed by atoms with Crippen molar-refractivity contribution in [1.29, 1.82) is 0 Å². The van der Waals surface area contributed by atoms with Gasteiger partial charge in [-0.05, 0) is 98.1 Å². The minimum absolute atomic E-state index is 0.161. The number of carbonyl (C=O) groups is 4. The number of benzene rings is 4. The molecule has 64 heavy (non-hydrogen) atoms. The SMILES string of the molecule is COC(=O)COc1cc(OCc2cccc(-c3cccc(COc4cc(OCC(=O)OC)c(CN5CCCC[C@H]5C(=O)O)cc4Cl)c3C)c2C)c(Cl)cc1CN1CCCC[C@H]1C(=O)O. The number of likely N-dealkylation sites (tertiary alicyclic amines) is 2. The van der Waals surface area contributed by atoms with Crippen molar-refractivity contribution in [3.8, 4) is 34.1 Å². The van der Waals surface area contributed by atoms with Gasteiger partial charge in [0.1, 0.15) is 48.3 Å². The molecule has 0 spiro atoms. The Labute approximate surface area is 382 Å². The van der Waals surface area contributed by atoms with Crippen molar-refractivity contribution in [2.45, 2.75) is 90.8 Å². The largest absolute Gasteiger partial charge is 0.487 e. The second-order valence-electron chi connectivity index (χ2n) is 15.9. The van der Waals surface area contributed by atoms with Crippen molar-refractivity contribution in [3.05, 3.63) is 104 Å². The van der Waals surface area contributed by atoms with Crippen LogP contribution in [0.1, 0.15) is 71.9 Å². The standard InChI is InChI=1S/C48H54Cl2N2O12/c1-29-31(25-61-43-21-41(63-27-45(53)59-3)33(19-37(43)49)23-51-17-7-5-15-39(51)47(55)56)11-9-13-35(29)36-14-10-12-32(30(36)2)26-62-44-22-42(64-28-46(54)60-4)34(20-38(44)50)24-52-18-8-6-16-40(52)48(57)58/h9-14,19-22,39-40H,5-8,15-18,23-28H2,1-4H3,(H,55,56)(H,57,58)/t39-,40-/m0/s1. The van der Waals surface area contributed by atoms with E-state index in [0.29, 0.717) is 70.1 Å². The topological polar surface area (TPSA) is 171 Å². The number of carboxylic acids is 2. The zero-order chi connectivity index (χ0) is 45.9. The van der Waals surface area contributed by atoms with E-state index in [4.69, 9.17) is 51.6 Å². The van der Waals surface area contributed by atoms with Gasteiger partial charge in [0.25, 0.3) is 0 Å². The lowest BCUT2D eigenvalue weighted by Crippen LogP contribution is -2.44. The molecular formula is C48H54Cl2N2O12. The fraction of sp³-hybridized carbons (Fsp3) is 0.417. The molecule has 342 valence electrons. The number of nitrogens with zero attached hydrogens (tertiary/aromatic N) is 2. The highest BCUT2D eigenvalue weighted by atomic mass is 35.5. The number of hydrogen-bond donors (Lipinski definition) is 2. The Morgan fingerprint density at radius 2 is 0.984 bits per heavy atom. The summed E-state index contributed by atoms with van der Waals surface area (Å²) in [7, 11) is 2.54. The Morgan fingerprint density at radius 1 is 0.578 bits per heavy atom. The molecule has 4 aromatic rings. The second-order valence-corrected chi connectivity index (χ2v) is 16.7. The minimum Gasteiger partial charge on any atom is -0.487 e. The van der Waals surface area contributed by atoms with E-state index in [9.17, 15) is 29.4 Å². The fourth-order valence-corrected chi connectivity index (χ4v) is 8.69. The van der Waals surface area contributed by atoms with Gasteiger partial charge in [0, 0.05) is 36.3 Å². The summed E-state index contributed by atoms with van der Waals surface area (Å²) in [5.41, 5.74) is 6.98. The lowest BCUT2D eigenvalue weighted by Gasteiger charge is -2.33. The van der Waals surface area contributed by atoms with Crippen molar-refractivity contribution in [2.24, 2.45) is 0 Å². The van der Waals surface area contributed by atoms with Crippen LogP contribution < -0.4 is 18.9 Å². The number of ether oxygens (including phenoxy) is 6. The summed E-state index contributed by atoms with van der Waals surface area (Å²) in [6.45, 7) is 5.39. The first-order valence-corrected chi connectivity index (χ1v) is 21.9. The third-order valence-corrected chi connectivity index (χ3v) is 12.5. The van der Waals surface area contributed by atoms with Crippen molar-refractivity contribution in [1.82, 2.24) is 9.80 Å². The molecule has 2 fully saturated rings. The number of carboxylic acid groups (broad SMARTS) is 2. The van der Waals surface area contributed by atoms with Crippen LogP contribution in [0, 0.1) is 13.8 Å². The van der Waals surface area contributed by atoms with Gasteiger partial charge in [-0.3, -0.25) is 19.4 Å². The molecule has 2 atom stereocenters. The average Bonchev–Trinajstić information content (AvgIpc) is 3.28. The molecule has 16 heteroatoms. The van der Waals surface area contributed by atoms with Crippen LogP contribution >= 0.6 is 23.2 Å². The van der Waals surface area contributed by atoms with Crippen LogP contribution in [0.4, 0.5) is 0 Å². The third kappa shape index (κ3) is 12.0. The number of methoxy groups -OCH3 is 2. The third-order valence-electron chi connectivity index (χ3n) is 11.9. The van der Waals surface area contributed by atoms with E-state index < -0.39 is 36.0 Å². The highest BCUT2D eigenvalue weighted by Gasteiger charge is 2.31. The fourth-order valence-electron chi connectivity index (χ4n) is 8.21. The number of esters is 2. The van der Waals surface area contributed by atoms with Crippen LogP contribution in [0.25, 0.3) is 11.1 Å². The Morgan fingerprint density at radius 3 is 1.36 bits per heavy atom. The van der Waals surface area contributed by atoms with Crippen LogP contribution in [-0.2, 0) is 55.0 Å². The molecule has 2 N–H and O–H groups in total. The van der Waals surface area contributed by atoms with Crippen molar-refractivity contribution < 1.29 is 57.8 Å². The van der Waals surface area contributed by atoms with E-state index in [1.807, 2.05) is 60.0 Å². The summed E-state index contributed by atoms with van der Waals surface area (Å²) < 4.78 is 33.9. The van der Waals surface area contributed by atoms with Gasteiger partial charge in [-0.2, -0.15) is 0 Å².